The zero-order chi connectivity index (χ0) is 13.9. The molecule has 1 aliphatic rings. The molecule has 1 heterocycles. The molecule has 1 aromatic carbocycles. The molecular formula is C13H19ClN2O2S. The van der Waals surface area contributed by atoms with Crippen molar-refractivity contribution in [2.24, 2.45) is 0 Å². The van der Waals surface area contributed by atoms with Crippen molar-refractivity contribution >= 4 is 21.6 Å². The highest BCUT2D eigenvalue weighted by atomic mass is 35.5. The van der Waals surface area contributed by atoms with E-state index in [1.807, 2.05) is 24.3 Å². The lowest BCUT2D eigenvalue weighted by Crippen LogP contribution is -2.43. The molecule has 6 heteroatoms. The lowest BCUT2D eigenvalue weighted by atomic mass is 10.1. The molecule has 0 unspecified atom stereocenters. The Bertz CT molecular complexity index is 508. The van der Waals surface area contributed by atoms with Gasteiger partial charge in [0.05, 0.1) is 6.26 Å². The number of halogens is 1. The van der Waals surface area contributed by atoms with Crippen LogP contribution < -0.4 is 4.72 Å². The minimum atomic E-state index is -3.09. The average molecular weight is 303 g/mol. The Labute approximate surface area is 119 Å². The summed E-state index contributed by atoms with van der Waals surface area (Å²) in [5, 5.41) is 0.750. The molecule has 0 bridgehead atoms. The third-order valence-corrected chi connectivity index (χ3v) is 4.30. The summed E-state index contributed by atoms with van der Waals surface area (Å²) < 4.78 is 25.0. The maximum absolute atomic E-state index is 11.2. The van der Waals surface area contributed by atoms with Crippen LogP contribution in [-0.4, -0.2) is 38.7 Å². The number of benzene rings is 1. The van der Waals surface area contributed by atoms with Crippen molar-refractivity contribution in [1.29, 1.82) is 0 Å². The van der Waals surface area contributed by atoms with Gasteiger partial charge in [-0.3, -0.25) is 4.90 Å². The molecule has 0 saturated carbocycles. The molecule has 1 aromatic rings. The van der Waals surface area contributed by atoms with Gasteiger partial charge in [0.2, 0.25) is 10.0 Å². The second kappa shape index (κ2) is 6.22. The predicted octanol–water partition coefficient (Wildman–Crippen LogP) is 1.85. The molecular weight excluding hydrogens is 284 g/mol. The van der Waals surface area contributed by atoms with Crippen molar-refractivity contribution in [1.82, 2.24) is 9.62 Å². The van der Waals surface area contributed by atoms with Gasteiger partial charge in [0.15, 0.2) is 0 Å². The molecule has 4 nitrogen and oxygen atoms in total. The highest BCUT2D eigenvalue weighted by Gasteiger charge is 2.21. The van der Waals surface area contributed by atoms with Crippen molar-refractivity contribution in [3.63, 3.8) is 0 Å². The van der Waals surface area contributed by atoms with E-state index < -0.39 is 10.0 Å². The van der Waals surface area contributed by atoms with E-state index in [0.717, 1.165) is 37.5 Å². The number of nitrogens with one attached hydrogen (secondary N) is 1. The van der Waals surface area contributed by atoms with Gasteiger partial charge in [-0.2, -0.15) is 0 Å². The van der Waals surface area contributed by atoms with Gasteiger partial charge in [-0.05, 0) is 30.5 Å². The third kappa shape index (κ3) is 5.10. The van der Waals surface area contributed by atoms with Gasteiger partial charge in [-0.1, -0.05) is 23.7 Å². The van der Waals surface area contributed by atoms with Crippen LogP contribution in [0.25, 0.3) is 0 Å². The first-order valence-corrected chi connectivity index (χ1v) is 8.63. The van der Waals surface area contributed by atoms with E-state index in [0.29, 0.717) is 0 Å². The molecule has 106 valence electrons. The molecule has 19 heavy (non-hydrogen) atoms. The molecule has 1 N–H and O–H groups in total. The van der Waals surface area contributed by atoms with Crippen molar-refractivity contribution in [2.45, 2.75) is 25.4 Å². The molecule has 0 spiro atoms. The van der Waals surface area contributed by atoms with Gasteiger partial charge < -0.3 is 0 Å². The standard InChI is InChI=1S/C13H19ClN2O2S/c1-19(17,18)15-13-6-8-16(9-7-13)10-11-2-4-12(14)5-3-11/h2-5,13,15H,6-10H2,1H3. The summed E-state index contributed by atoms with van der Waals surface area (Å²) >= 11 is 5.86. The van der Waals surface area contributed by atoms with Crippen LogP contribution in [0, 0.1) is 0 Å². The molecule has 0 atom stereocenters. The van der Waals surface area contributed by atoms with Crippen LogP contribution in [0.4, 0.5) is 0 Å². The minimum Gasteiger partial charge on any atom is -0.299 e. The van der Waals surface area contributed by atoms with Crippen LogP contribution in [-0.2, 0) is 16.6 Å². The first-order valence-electron chi connectivity index (χ1n) is 6.36. The predicted molar refractivity (Wildman–Crippen MR) is 77.7 cm³/mol. The lowest BCUT2D eigenvalue weighted by Gasteiger charge is -2.31. The monoisotopic (exact) mass is 302 g/mol. The molecule has 0 radical (unpaired) electrons. The smallest absolute Gasteiger partial charge is 0.208 e. The number of nitrogens with zero attached hydrogens (tertiary/aromatic N) is 1. The van der Waals surface area contributed by atoms with Crippen LogP contribution in [0.15, 0.2) is 24.3 Å². The van der Waals surface area contributed by atoms with Crippen LogP contribution in [0.5, 0.6) is 0 Å². The van der Waals surface area contributed by atoms with Crippen LogP contribution >= 0.6 is 11.6 Å². The summed E-state index contributed by atoms with van der Waals surface area (Å²) in [6.07, 6.45) is 2.94. The molecule has 0 aromatic heterocycles. The number of hydrogen-bond acceptors (Lipinski definition) is 3. The average Bonchev–Trinajstić information content (AvgIpc) is 2.33. The SMILES string of the molecule is CS(=O)(=O)NC1CCN(Cc2ccc(Cl)cc2)CC1. The minimum absolute atomic E-state index is 0.0801. The molecule has 1 saturated heterocycles. The topological polar surface area (TPSA) is 49.4 Å². The zero-order valence-electron chi connectivity index (χ0n) is 11.0. The fourth-order valence-corrected chi connectivity index (χ4v) is 3.33. The number of piperidine rings is 1. The first-order chi connectivity index (χ1) is 8.92. The van der Waals surface area contributed by atoms with Gasteiger partial charge in [0.25, 0.3) is 0 Å². The number of rotatable bonds is 4. The largest absolute Gasteiger partial charge is 0.299 e. The first kappa shape index (κ1) is 14.8. The van der Waals surface area contributed by atoms with Crippen molar-refractivity contribution in [2.75, 3.05) is 19.3 Å². The van der Waals surface area contributed by atoms with Crippen molar-refractivity contribution in [3.8, 4) is 0 Å². The molecule has 2 rings (SSSR count). The molecule has 1 fully saturated rings. The highest BCUT2D eigenvalue weighted by molar-refractivity contribution is 7.88. The second-order valence-corrected chi connectivity index (χ2v) is 7.28. The van der Waals surface area contributed by atoms with Gasteiger partial charge >= 0.3 is 0 Å². The van der Waals surface area contributed by atoms with Gasteiger partial charge in [0.1, 0.15) is 0 Å². The fourth-order valence-electron chi connectivity index (χ4n) is 2.36. The van der Waals surface area contributed by atoms with E-state index in [1.165, 1.54) is 11.8 Å². The maximum atomic E-state index is 11.2. The zero-order valence-corrected chi connectivity index (χ0v) is 12.5. The normalized spacial score (nSPS) is 18.6. The third-order valence-electron chi connectivity index (χ3n) is 3.29. The van der Waals surface area contributed by atoms with Gasteiger partial charge in [-0.25, -0.2) is 13.1 Å². The Morgan fingerprint density at radius 1 is 1.26 bits per heavy atom. The van der Waals surface area contributed by atoms with E-state index in [4.69, 9.17) is 11.6 Å². The van der Waals surface area contributed by atoms with Gasteiger partial charge in [-0.15, -0.1) is 0 Å². The number of hydrogen-bond donors (Lipinski definition) is 1. The summed E-state index contributed by atoms with van der Waals surface area (Å²) in [6.45, 7) is 2.72. The Morgan fingerprint density at radius 3 is 2.37 bits per heavy atom. The van der Waals surface area contributed by atoms with Crippen LogP contribution in [0.2, 0.25) is 5.02 Å². The van der Waals surface area contributed by atoms with E-state index in [9.17, 15) is 8.42 Å². The van der Waals surface area contributed by atoms with Crippen LogP contribution in [0.1, 0.15) is 18.4 Å². The Balaban J connectivity index is 1.82. The summed E-state index contributed by atoms with van der Waals surface area (Å²) in [7, 11) is -3.09. The summed E-state index contributed by atoms with van der Waals surface area (Å²) in [5.41, 5.74) is 1.24. The van der Waals surface area contributed by atoms with Gasteiger partial charge in [0, 0.05) is 30.7 Å². The molecule has 0 amide bonds. The van der Waals surface area contributed by atoms with E-state index >= 15 is 0 Å². The summed E-state index contributed by atoms with van der Waals surface area (Å²) in [5.74, 6) is 0. The summed E-state index contributed by atoms with van der Waals surface area (Å²) in [4.78, 5) is 2.34. The van der Waals surface area contributed by atoms with E-state index in [-0.39, 0.29) is 6.04 Å². The van der Waals surface area contributed by atoms with Crippen molar-refractivity contribution in [3.05, 3.63) is 34.9 Å². The summed E-state index contributed by atoms with van der Waals surface area (Å²) in [6, 6.07) is 7.94. The Kier molecular flexibility index (Phi) is 4.84. The number of sulfonamides is 1. The van der Waals surface area contributed by atoms with E-state index in [1.54, 1.807) is 0 Å². The highest BCUT2D eigenvalue weighted by Crippen LogP contribution is 2.16. The molecule has 0 aliphatic carbocycles. The Morgan fingerprint density at radius 2 is 1.84 bits per heavy atom. The lowest BCUT2D eigenvalue weighted by molar-refractivity contribution is 0.200. The van der Waals surface area contributed by atoms with E-state index in [2.05, 4.69) is 9.62 Å². The number of likely N-dealkylation sites (tertiary alicyclic amines) is 1. The quantitative estimate of drug-likeness (QED) is 0.923. The Hall–Kier alpha value is -0.620. The fraction of sp³-hybridized carbons (Fsp3) is 0.538. The molecule has 1 aliphatic heterocycles. The maximum Gasteiger partial charge on any atom is 0.208 e. The van der Waals surface area contributed by atoms with Crippen LogP contribution in [0.3, 0.4) is 0 Å². The van der Waals surface area contributed by atoms with Crippen molar-refractivity contribution < 1.29 is 8.42 Å². The second-order valence-electron chi connectivity index (χ2n) is 5.07.